The summed E-state index contributed by atoms with van der Waals surface area (Å²) in [7, 11) is 1.32. The molecule has 2 N–H and O–H groups in total. The summed E-state index contributed by atoms with van der Waals surface area (Å²) in [5, 5.41) is 7.43. The minimum Gasteiger partial charge on any atom is -0.465 e. The van der Waals surface area contributed by atoms with Gasteiger partial charge in [-0.1, -0.05) is 49.7 Å². The highest BCUT2D eigenvalue weighted by Crippen LogP contribution is 2.39. The van der Waals surface area contributed by atoms with Crippen molar-refractivity contribution < 1.29 is 32.9 Å². The fourth-order valence-corrected chi connectivity index (χ4v) is 4.49. The van der Waals surface area contributed by atoms with E-state index in [1.165, 1.54) is 24.2 Å². The number of benzene rings is 2. The van der Waals surface area contributed by atoms with Crippen LogP contribution in [-0.4, -0.2) is 69.2 Å². The lowest BCUT2D eigenvalue weighted by Crippen LogP contribution is -2.33. The van der Waals surface area contributed by atoms with Crippen LogP contribution < -0.4 is 14.9 Å². The van der Waals surface area contributed by atoms with Gasteiger partial charge in [0.1, 0.15) is 12.3 Å². The Labute approximate surface area is 225 Å². The lowest BCUT2D eigenvalue weighted by molar-refractivity contribution is -0.142. The van der Waals surface area contributed by atoms with E-state index in [1.807, 2.05) is 56.3 Å². The molecule has 0 fully saturated rings. The minimum atomic E-state index is -1.74. The number of fused-ring (bicyclic) bond motifs is 1. The lowest BCUT2D eigenvalue weighted by Gasteiger charge is -2.27. The zero-order valence-electron chi connectivity index (χ0n) is 22.4. The normalized spacial score (nSPS) is 13.6. The van der Waals surface area contributed by atoms with Crippen molar-refractivity contribution in [2.24, 2.45) is 0 Å². The van der Waals surface area contributed by atoms with Crippen molar-refractivity contribution in [2.75, 3.05) is 33.9 Å². The molecule has 2 aromatic carbocycles. The number of carbonyl (C=O) groups excluding carboxylic acids is 3. The molecule has 11 heteroatoms. The van der Waals surface area contributed by atoms with Crippen LogP contribution in [0.3, 0.4) is 0 Å². The first kappa shape index (κ1) is 31.2. The molecule has 0 heterocycles. The molecule has 3 atom stereocenters. The Morgan fingerprint density at radius 2 is 1.92 bits per heavy atom. The third kappa shape index (κ3) is 10.8. The van der Waals surface area contributed by atoms with Crippen LogP contribution in [0.2, 0.25) is 0 Å². The van der Waals surface area contributed by atoms with E-state index in [2.05, 4.69) is 10.4 Å². The van der Waals surface area contributed by atoms with Gasteiger partial charge in [0.15, 0.2) is 0 Å². The average Bonchev–Trinajstić information content (AvgIpc) is 2.94. The Morgan fingerprint density at radius 3 is 2.63 bits per heavy atom. The van der Waals surface area contributed by atoms with Gasteiger partial charge in [0.25, 0.3) is 0 Å². The summed E-state index contributed by atoms with van der Waals surface area (Å²) in [6, 6.07) is 13.3. The molecule has 0 aliphatic carbocycles. The van der Waals surface area contributed by atoms with Crippen LogP contribution >= 0.6 is 8.53 Å². The highest BCUT2D eigenvalue weighted by Gasteiger charge is 2.22. The number of hydrogen-bond acceptors (Lipinski definition) is 8. The molecule has 0 bridgehead atoms. The first-order valence-corrected chi connectivity index (χ1v) is 13.7. The van der Waals surface area contributed by atoms with Gasteiger partial charge in [0.2, 0.25) is 12.3 Å². The Bertz CT molecular complexity index is 1050. The van der Waals surface area contributed by atoms with E-state index in [0.29, 0.717) is 25.2 Å². The quantitative estimate of drug-likeness (QED) is 0.0949. The van der Waals surface area contributed by atoms with Crippen molar-refractivity contribution in [3.05, 3.63) is 54.7 Å². The van der Waals surface area contributed by atoms with Crippen molar-refractivity contribution in [1.82, 2.24) is 15.3 Å². The second-order valence-corrected chi connectivity index (χ2v) is 9.73. The average molecular weight is 548 g/mol. The summed E-state index contributed by atoms with van der Waals surface area (Å²) in [6.45, 7) is 4.30. The van der Waals surface area contributed by atoms with Crippen LogP contribution in [0.25, 0.3) is 10.8 Å². The minimum absolute atomic E-state index is 0.0720. The van der Waals surface area contributed by atoms with Crippen molar-refractivity contribution in [1.29, 1.82) is 0 Å². The predicted octanol–water partition coefficient (Wildman–Crippen LogP) is 3.91. The van der Waals surface area contributed by atoms with E-state index in [0.717, 1.165) is 23.6 Å². The van der Waals surface area contributed by atoms with Gasteiger partial charge in [-0.25, -0.2) is 5.09 Å². The van der Waals surface area contributed by atoms with Gasteiger partial charge in [0.05, 0.1) is 19.3 Å². The number of rotatable bonds is 18. The summed E-state index contributed by atoms with van der Waals surface area (Å²) >= 11 is 0. The summed E-state index contributed by atoms with van der Waals surface area (Å²) in [4.78, 5) is 36.6. The third-order valence-electron chi connectivity index (χ3n) is 5.63. The Balaban J connectivity index is 2.07. The Kier molecular flexibility index (Phi) is 14.3. The number of hydrogen-bond donors (Lipinski definition) is 2. The second-order valence-electron chi connectivity index (χ2n) is 8.46. The van der Waals surface area contributed by atoms with Gasteiger partial charge in [-0.15, -0.1) is 0 Å². The number of esters is 1. The van der Waals surface area contributed by atoms with Gasteiger partial charge in [-0.3, -0.25) is 14.4 Å². The summed E-state index contributed by atoms with van der Waals surface area (Å²) in [5.41, 5.74) is 0. The molecule has 3 unspecified atom stereocenters. The van der Waals surface area contributed by atoms with Crippen molar-refractivity contribution in [2.45, 2.75) is 45.3 Å². The molecule has 0 saturated carbocycles. The van der Waals surface area contributed by atoms with E-state index in [1.54, 1.807) is 7.11 Å². The molecule has 0 spiro atoms. The van der Waals surface area contributed by atoms with E-state index >= 15 is 0 Å². The fraction of sp³-hybridized carbons (Fsp3) is 0.444. The molecule has 10 nitrogen and oxygen atoms in total. The second kappa shape index (κ2) is 17.5. The molecule has 0 aliphatic heterocycles. The van der Waals surface area contributed by atoms with Crippen LogP contribution in [0.15, 0.2) is 54.7 Å². The van der Waals surface area contributed by atoms with Crippen LogP contribution in [0.5, 0.6) is 5.75 Å². The van der Waals surface area contributed by atoms with Crippen molar-refractivity contribution in [3.8, 4) is 5.75 Å². The number of unbranched alkanes of at least 4 members (excludes halogenated alkanes) is 1. The van der Waals surface area contributed by atoms with E-state index in [4.69, 9.17) is 18.5 Å². The Hall–Kier alpha value is -3.04. The SMILES string of the molecule is CCCCOC(=O)CNP(OCC(CC(C)N(C=O)/C=C\C(=O)NC)OC)Oc1cccc2ccccc12. The van der Waals surface area contributed by atoms with Crippen molar-refractivity contribution in [3.63, 3.8) is 0 Å². The van der Waals surface area contributed by atoms with Crippen LogP contribution in [0.4, 0.5) is 0 Å². The summed E-state index contributed by atoms with van der Waals surface area (Å²) in [5.74, 6) is -0.0847. The number of carbonyl (C=O) groups is 3. The van der Waals surface area contributed by atoms with Gasteiger partial charge >= 0.3 is 14.5 Å². The molecule has 208 valence electrons. The van der Waals surface area contributed by atoms with Crippen LogP contribution in [0.1, 0.15) is 33.1 Å². The molecule has 2 amide bonds. The Morgan fingerprint density at radius 1 is 1.16 bits per heavy atom. The first-order chi connectivity index (χ1) is 18.4. The van der Waals surface area contributed by atoms with Gasteiger partial charge in [-0.2, -0.15) is 0 Å². The molecule has 38 heavy (non-hydrogen) atoms. The lowest BCUT2D eigenvalue weighted by atomic mass is 10.1. The van der Waals surface area contributed by atoms with Gasteiger partial charge < -0.3 is 28.7 Å². The first-order valence-electron chi connectivity index (χ1n) is 12.5. The highest BCUT2D eigenvalue weighted by molar-refractivity contribution is 7.45. The maximum atomic E-state index is 12.2. The molecule has 0 saturated heterocycles. The summed E-state index contributed by atoms with van der Waals surface area (Å²) in [6.07, 6.45) is 5.13. The standard InChI is InChI=1S/C27H38N3O7P/c1-5-6-16-35-27(33)18-29-38(37-25-13-9-11-22-10-7-8-12-24(22)25)36-19-23(34-4)17-21(2)30(20-31)15-14-26(32)28-3/h7-15,20-21,23,29H,5-6,16-19H2,1-4H3,(H,28,32)/b15-14-. The predicted molar refractivity (Wildman–Crippen MR) is 147 cm³/mol. The van der Waals surface area contributed by atoms with Gasteiger partial charge in [0, 0.05) is 37.9 Å². The molecule has 2 aromatic rings. The highest BCUT2D eigenvalue weighted by atomic mass is 31.2. The number of nitrogens with zero attached hydrogens (tertiary/aromatic N) is 1. The fourth-order valence-electron chi connectivity index (χ4n) is 3.39. The zero-order valence-corrected chi connectivity index (χ0v) is 23.3. The number of nitrogens with one attached hydrogen (secondary N) is 2. The monoisotopic (exact) mass is 547 g/mol. The van der Waals surface area contributed by atoms with Gasteiger partial charge in [-0.05, 0) is 31.2 Å². The third-order valence-corrected chi connectivity index (χ3v) is 6.80. The maximum Gasteiger partial charge on any atom is 0.320 e. The maximum absolute atomic E-state index is 12.2. The number of ether oxygens (including phenoxy) is 2. The van der Waals surface area contributed by atoms with E-state index < -0.39 is 14.5 Å². The van der Waals surface area contributed by atoms with Crippen LogP contribution in [-0.2, 0) is 28.4 Å². The number of amides is 2. The summed E-state index contributed by atoms with van der Waals surface area (Å²) < 4.78 is 23.1. The number of methoxy groups -OCH3 is 1. The zero-order chi connectivity index (χ0) is 27.8. The largest absolute Gasteiger partial charge is 0.465 e. The van der Waals surface area contributed by atoms with Crippen LogP contribution in [0, 0.1) is 0 Å². The smallest absolute Gasteiger partial charge is 0.320 e. The topological polar surface area (TPSA) is 115 Å². The molecule has 0 aliphatic rings. The molecular weight excluding hydrogens is 509 g/mol. The van der Waals surface area contributed by atoms with E-state index in [9.17, 15) is 14.4 Å². The number of likely N-dealkylation sites (N-methyl/N-ethyl adjacent to an activating group) is 1. The molecule has 2 rings (SSSR count). The van der Waals surface area contributed by atoms with Crippen molar-refractivity contribution >= 4 is 37.6 Å². The van der Waals surface area contributed by atoms with E-state index in [-0.39, 0.29) is 31.2 Å². The molecule has 0 radical (unpaired) electrons. The molecular formula is C27H38N3O7P. The molecule has 0 aromatic heterocycles.